The molecule has 0 atom stereocenters. The summed E-state index contributed by atoms with van der Waals surface area (Å²) < 4.78 is 15.6. The summed E-state index contributed by atoms with van der Waals surface area (Å²) in [7, 11) is 2.88. The lowest BCUT2D eigenvalue weighted by Crippen LogP contribution is -2.37. The minimum absolute atomic E-state index is 0.0196. The maximum absolute atomic E-state index is 13.4. The SMILES string of the molecule is Cc1ccc(NC(=O)CSc2nc(-c3ccc(F)cc3)nc3c2c(=O)n(C)c(=O)n3C)c(C)c1. The van der Waals surface area contributed by atoms with E-state index in [0.717, 1.165) is 27.5 Å². The Bertz CT molecular complexity index is 1540. The number of aromatic nitrogens is 4. The van der Waals surface area contributed by atoms with Crippen LogP contribution in [-0.4, -0.2) is 30.8 Å². The Morgan fingerprint density at radius 2 is 1.74 bits per heavy atom. The molecule has 2 aromatic carbocycles. The highest BCUT2D eigenvalue weighted by molar-refractivity contribution is 8.00. The summed E-state index contributed by atoms with van der Waals surface area (Å²) in [5.41, 5.74) is 2.29. The van der Waals surface area contributed by atoms with Crippen LogP contribution in [0.3, 0.4) is 0 Å². The van der Waals surface area contributed by atoms with Gasteiger partial charge in [0.25, 0.3) is 5.56 Å². The Morgan fingerprint density at radius 1 is 1.03 bits per heavy atom. The molecule has 4 rings (SSSR count). The third-order valence-electron chi connectivity index (χ3n) is 5.37. The zero-order chi connectivity index (χ0) is 24.6. The summed E-state index contributed by atoms with van der Waals surface area (Å²) in [5, 5.41) is 3.27. The molecule has 0 aliphatic heterocycles. The molecule has 8 nitrogen and oxygen atoms in total. The lowest BCUT2D eigenvalue weighted by atomic mass is 10.1. The van der Waals surface area contributed by atoms with E-state index in [1.54, 1.807) is 0 Å². The van der Waals surface area contributed by atoms with Crippen LogP contribution in [0.15, 0.2) is 57.1 Å². The highest BCUT2D eigenvalue weighted by Gasteiger charge is 2.19. The number of amides is 1. The zero-order valence-electron chi connectivity index (χ0n) is 19.0. The minimum atomic E-state index is -0.555. The molecule has 0 unspecified atom stereocenters. The number of nitrogens with zero attached hydrogens (tertiary/aromatic N) is 4. The van der Waals surface area contributed by atoms with Gasteiger partial charge in [-0.3, -0.25) is 18.7 Å². The molecule has 0 aliphatic rings. The largest absolute Gasteiger partial charge is 0.332 e. The van der Waals surface area contributed by atoms with Gasteiger partial charge in [-0.15, -0.1) is 0 Å². The molecule has 0 radical (unpaired) electrons. The predicted octanol–water partition coefficient (Wildman–Crippen LogP) is 3.18. The van der Waals surface area contributed by atoms with E-state index < -0.39 is 17.1 Å². The van der Waals surface area contributed by atoms with E-state index in [9.17, 15) is 18.8 Å². The van der Waals surface area contributed by atoms with Crippen LogP contribution < -0.4 is 16.6 Å². The van der Waals surface area contributed by atoms with Gasteiger partial charge in [-0.25, -0.2) is 19.2 Å². The Balaban J connectivity index is 1.75. The third kappa shape index (κ3) is 4.49. The van der Waals surface area contributed by atoms with Gasteiger partial charge in [-0.05, 0) is 49.7 Å². The Labute approximate surface area is 198 Å². The fourth-order valence-electron chi connectivity index (χ4n) is 3.54. The second kappa shape index (κ2) is 9.22. The van der Waals surface area contributed by atoms with Crippen LogP contribution >= 0.6 is 11.8 Å². The van der Waals surface area contributed by atoms with Gasteiger partial charge in [0.2, 0.25) is 5.91 Å². The van der Waals surface area contributed by atoms with Crippen LogP contribution in [0.1, 0.15) is 11.1 Å². The fraction of sp³-hybridized carbons (Fsp3) is 0.208. The Hall–Kier alpha value is -3.79. The number of aryl methyl sites for hydroxylation is 3. The molecule has 0 fully saturated rings. The van der Waals surface area contributed by atoms with E-state index in [1.165, 1.54) is 42.9 Å². The van der Waals surface area contributed by atoms with Gasteiger partial charge >= 0.3 is 5.69 Å². The highest BCUT2D eigenvalue weighted by atomic mass is 32.2. The van der Waals surface area contributed by atoms with Crippen molar-refractivity contribution < 1.29 is 9.18 Å². The molecule has 10 heteroatoms. The van der Waals surface area contributed by atoms with Gasteiger partial charge in [-0.2, -0.15) is 0 Å². The van der Waals surface area contributed by atoms with Gasteiger partial charge in [0.15, 0.2) is 11.5 Å². The molecule has 0 bridgehead atoms. The summed E-state index contributed by atoms with van der Waals surface area (Å²) in [4.78, 5) is 47.0. The van der Waals surface area contributed by atoms with Crippen LogP contribution in [0.2, 0.25) is 0 Å². The smallest absolute Gasteiger partial charge is 0.325 e. The number of nitrogens with one attached hydrogen (secondary N) is 1. The topological polar surface area (TPSA) is 98.9 Å². The van der Waals surface area contributed by atoms with E-state index in [4.69, 9.17) is 0 Å². The standard InChI is InChI=1S/C24H22FN5O3S/c1-13-5-10-17(14(2)11-13)26-18(31)12-34-22-19-21(29(3)24(33)30(4)23(19)32)27-20(28-22)15-6-8-16(25)9-7-15/h5-11H,12H2,1-4H3,(H,26,31). The van der Waals surface area contributed by atoms with Gasteiger partial charge < -0.3 is 5.32 Å². The molecule has 174 valence electrons. The third-order valence-corrected chi connectivity index (χ3v) is 6.34. The maximum Gasteiger partial charge on any atom is 0.332 e. The van der Waals surface area contributed by atoms with Crippen molar-refractivity contribution >= 4 is 34.4 Å². The molecule has 0 saturated carbocycles. The second-order valence-corrected chi connectivity index (χ2v) is 8.88. The first kappa shape index (κ1) is 23.4. The van der Waals surface area contributed by atoms with Crippen LogP contribution in [0.5, 0.6) is 0 Å². The molecule has 0 aliphatic carbocycles. The number of hydrogen-bond acceptors (Lipinski definition) is 6. The van der Waals surface area contributed by atoms with E-state index in [-0.39, 0.29) is 33.5 Å². The van der Waals surface area contributed by atoms with Crippen molar-refractivity contribution in [2.75, 3.05) is 11.1 Å². The molecule has 2 aromatic heterocycles. The fourth-order valence-corrected chi connectivity index (χ4v) is 4.35. The molecule has 2 heterocycles. The Kier molecular flexibility index (Phi) is 6.34. The summed E-state index contributed by atoms with van der Waals surface area (Å²) in [6.45, 7) is 3.88. The van der Waals surface area contributed by atoms with Gasteiger partial charge in [0.1, 0.15) is 16.2 Å². The molecule has 4 aromatic rings. The molecule has 0 spiro atoms. The predicted molar refractivity (Wildman–Crippen MR) is 131 cm³/mol. The lowest BCUT2D eigenvalue weighted by molar-refractivity contribution is -0.113. The van der Waals surface area contributed by atoms with Gasteiger partial charge in [0, 0.05) is 25.3 Å². The number of thioether (sulfide) groups is 1. The second-order valence-electron chi connectivity index (χ2n) is 7.92. The number of halogens is 1. The molecular weight excluding hydrogens is 457 g/mol. The normalized spacial score (nSPS) is 11.1. The molecule has 1 amide bonds. The number of carbonyl (C=O) groups excluding carboxylic acids is 1. The monoisotopic (exact) mass is 479 g/mol. The first-order valence-corrected chi connectivity index (χ1v) is 11.4. The van der Waals surface area contributed by atoms with E-state index in [0.29, 0.717) is 11.3 Å². The van der Waals surface area contributed by atoms with Crippen LogP contribution in [-0.2, 0) is 18.9 Å². The van der Waals surface area contributed by atoms with Crippen LogP contribution in [0, 0.1) is 19.7 Å². The van der Waals surface area contributed by atoms with E-state index in [1.807, 2.05) is 32.0 Å². The van der Waals surface area contributed by atoms with Crippen molar-refractivity contribution in [1.29, 1.82) is 0 Å². The number of fused-ring (bicyclic) bond motifs is 1. The lowest BCUT2D eigenvalue weighted by Gasteiger charge is -2.12. The molecule has 34 heavy (non-hydrogen) atoms. The van der Waals surface area contributed by atoms with Crippen LogP contribution in [0.4, 0.5) is 10.1 Å². The highest BCUT2D eigenvalue weighted by Crippen LogP contribution is 2.26. The number of hydrogen-bond donors (Lipinski definition) is 1. The zero-order valence-corrected chi connectivity index (χ0v) is 19.9. The Morgan fingerprint density at radius 3 is 2.41 bits per heavy atom. The molecule has 0 saturated heterocycles. The van der Waals surface area contributed by atoms with Crippen LogP contribution in [0.25, 0.3) is 22.4 Å². The number of anilines is 1. The van der Waals surface area contributed by atoms with Gasteiger partial charge in [0.05, 0.1) is 5.75 Å². The average molecular weight is 480 g/mol. The van der Waals surface area contributed by atoms with Gasteiger partial charge in [-0.1, -0.05) is 29.5 Å². The molecular formula is C24H22FN5O3S. The van der Waals surface area contributed by atoms with Crippen molar-refractivity contribution in [3.05, 3.63) is 80.2 Å². The molecule has 1 N–H and O–H groups in total. The van der Waals surface area contributed by atoms with Crippen molar-refractivity contribution in [2.45, 2.75) is 18.9 Å². The minimum Gasteiger partial charge on any atom is -0.325 e. The summed E-state index contributed by atoms with van der Waals surface area (Å²) >= 11 is 1.07. The average Bonchev–Trinajstić information content (AvgIpc) is 2.81. The summed E-state index contributed by atoms with van der Waals surface area (Å²) in [6.07, 6.45) is 0. The van der Waals surface area contributed by atoms with E-state index in [2.05, 4.69) is 15.3 Å². The quantitative estimate of drug-likeness (QED) is 0.349. The number of benzene rings is 2. The number of rotatable bonds is 5. The number of carbonyl (C=O) groups is 1. The van der Waals surface area contributed by atoms with E-state index >= 15 is 0 Å². The van der Waals surface area contributed by atoms with Crippen molar-refractivity contribution in [3.63, 3.8) is 0 Å². The first-order chi connectivity index (χ1) is 16.2. The summed E-state index contributed by atoms with van der Waals surface area (Å²) in [5.74, 6) is -0.487. The van der Waals surface area contributed by atoms with Crippen molar-refractivity contribution in [2.24, 2.45) is 14.1 Å². The first-order valence-electron chi connectivity index (χ1n) is 10.4. The maximum atomic E-state index is 13.4. The van der Waals surface area contributed by atoms with Crippen molar-refractivity contribution in [1.82, 2.24) is 19.1 Å². The summed E-state index contributed by atoms with van der Waals surface area (Å²) in [6, 6.07) is 11.3. The van der Waals surface area contributed by atoms with Crippen molar-refractivity contribution in [3.8, 4) is 11.4 Å².